The van der Waals surface area contributed by atoms with Gasteiger partial charge in [0.25, 0.3) is 0 Å². The first-order chi connectivity index (χ1) is 10.2. The zero-order valence-electron chi connectivity index (χ0n) is 12.6. The number of carbonyl (C=O) groups is 1. The Morgan fingerprint density at radius 3 is 2.76 bits per heavy atom. The monoisotopic (exact) mass is 292 g/mol. The van der Waals surface area contributed by atoms with E-state index in [1.807, 2.05) is 24.4 Å². The number of nitrogens with two attached hydrogens (primary N) is 1. The molecule has 0 amide bonds. The van der Waals surface area contributed by atoms with Crippen LogP contribution in [0.25, 0.3) is 0 Å². The van der Waals surface area contributed by atoms with Gasteiger partial charge in [0.2, 0.25) is 0 Å². The van der Waals surface area contributed by atoms with Gasteiger partial charge in [0.05, 0.1) is 6.61 Å². The van der Waals surface area contributed by atoms with Crippen LogP contribution < -0.4 is 10.6 Å². The Labute approximate surface area is 125 Å². The largest absolute Gasteiger partial charge is 0.465 e. The molecule has 116 valence electrons. The van der Waals surface area contributed by atoms with Gasteiger partial charge < -0.3 is 15.4 Å². The lowest BCUT2D eigenvalue weighted by atomic mass is 10.2. The lowest BCUT2D eigenvalue weighted by Gasteiger charge is -2.35. The van der Waals surface area contributed by atoms with E-state index < -0.39 is 6.04 Å². The summed E-state index contributed by atoms with van der Waals surface area (Å²) in [6.07, 6.45) is 2.46. The highest BCUT2D eigenvalue weighted by Crippen LogP contribution is 2.12. The van der Waals surface area contributed by atoms with E-state index in [0.717, 1.165) is 38.5 Å². The number of anilines is 1. The van der Waals surface area contributed by atoms with Crippen LogP contribution in [-0.2, 0) is 9.53 Å². The SMILES string of the molecule is CCOC(=O)C(N)CCN1CCN(c2ccccn2)CC1. The number of nitrogens with zero attached hydrogens (tertiary/aromatic N) is 3. The van der Waals surface area contributed by atoms with Crippen LogP contribution >= 0.6 is 0 Å². The fourth-order valence-electron chi connectivity index (χ4n) is 2.43. The molecule has 1 atom stereocenters. The van der Waals surface area contributed by atoms with Crippen LogP contribution in [0.3, 0.4) is 0 Å². The van der Waals surface area contributed by atoms with Gasteiger partial charge in [0, 0.05) is 38.9 Å². The maximum atomic E-state index is 11.5. The van der Waals surface area contributed by atoms with Crippen molar-refractivity contribution < 1.29 is 9.53 Å². The Balaban J connectivity index is 1.71. The van der Waals surface area contributed by atoms with Crippen molar-refractivity contribution in [2.24, 2.45) is 5.73 Å². The van der Waals surface area contributed by atoms with Crippen LogP contribution in [0.4, 0.5) is 5.82 Å². The quantitative estimate of drug-likeness (QED) is 0.769. The fraction of sp³-hybridized carbons (Fsp3) is 0.600. The number of aromatic nitrogens is 1. The second kappa shape index (κ2) is 7.95. The number of piperazine rings is 1. The molecule has 0 radical (unpaired) electrons. The van der Waals surface area contributed by atoms with E-state index in [-0.39, 0.29) is 5.97 Å². The molecule has 6 nitrogen and oxygen atoms in total. The molecule has 1 unspecified atom stereocenters. The summed E-state index contributed by atoms with van der Waals surface area (Å²) >= 11 is 0. The van der Waals surface area contributed by atoms with E-state index in [1.165, 1.54) is 0 Å². The predicted molar refractivity (Wildman–Crippen MR) is 82.1 cm³/mol. The Morgan fingerprint density at radius 1 is 1.38 bits per heavy atom. The highest BCUT2D eigenvalue weighted by atomic mass is 16.5. The van der Waals surface area contributed by atoms with E-state index in [1.54, 1.807) is 6.92 Å². The third kappa shape index (κ3) is 4.68. The molecule has 2 heterocycles. The Bertz CT molecular complexity index is 433. The van der Waals surface area contributed by atoms with Gasteiger partial charge in [-0.25, -0.2) is 4.98 Å². The van der Waals surface area contributed by atoms with Crippen molar-refractivity contribution in [2.75, 3.05) is 44.2 Å². The van der Waals surface area contributed by atoms with Gasteiger partial charge in [-0.15, -0.1) is 0 Å². The standard InChI is InChI=1S/C15H24N4O2/c1-2-21-15(20)13(16)6-8-18-9-11-19(12-10-18)14-5-3-4-7-17-14/h3-5,7,13H,2,6,8-12,16H2,1H3. The van der Waals surface area contributed by atoms with Crippen molar-refractivity contribution >= 4 is 11.8 Å². The number of hydrogen-bond acceptors (Lipinski definition) is 6. The van der Waals surface area contributed by atoms with Crippen molar-refractivity contribution in [2.45, 2.75) is 19.4 Å². The Kier molecular flexibility index (Phi) is 5.95. The van der Waals surface area contributed by atoms with Gasteiger partial charge in [-0.05, 0) is 25.5 Å². The zero-order chi connectivity index (χ0) is 15.1. The van der Waals surface area contributed by atoms with Crippen molar-refractivity contribution in [1.82, 2.24) is 9.88 Å². The van der Waals surface area contributed by atoms with Crippen molar-refractivity contribution in [3.63, 3.8) is 0 Å². The molecular weight excluding hydrogens is 268 g/mol. The summed E-state index contributed by atoms with van der Waals surface area (Å²) in [6.45, 7) is 6.84. The van der Waals surface area contributed by atoms with Gasteiger partial charge in [0.15, 0.2) is 0 Å². The van der Waals surface area contributed by atoms with E-state index in [9.17, 15) is 4.79 Å². The van der Waals surface area contributed by atoms with E-state index in [0.29, 0.717) is 13.0 Å². The van der Waals surface area contributed by atoms with Crippen LogP contribution in [-0.4, -0.2) is 61.2 Å². The lowest BCUT2D eigenvalue weighted by Crippen LogP contribution is -2.48. The number of pyridine rings is 1. The molecule has 2 N–H and O–H groups in total. The van der Waals surface area contributed by atoms with Crippen molar-refractivity contribution in [1.29, 1.82) is 0 Å². The summed E-state index contributed by atoms with van der Waals surface area (Å²) in [7, 11) is 0. The summed E-state index contributed by atoms with van der Waals surface area (Å²) in [6, 6.07) is 5.45. The summed E-state index contributed by atoms with van der Waals surface area (Å²) < 4.78 is 4.92. The number of ether oxygens (including phenoxy) is 1. The molecule has 0 aromatic carbocycles. The van der Waals surface area contributed by atoms with Crippen LogP contribution in [0, 0.1) is 0 Å². The third-order valence-electron chi connectivity index (χ3n) is 3.69. The highest BCUT2D eigenvalue weighted by Gasteiger charge is 2.20. The molecular formula is C15H24N4O2. The molecule has 0 bridgehead atoms. The Hall–Kier alpha value is -1.66. The van der Waals surface area contributed by atoms with Gasteiger partial charge in [-0.2, -0.15) is 0 Å². The first kappa shape index (κ1) is 15.7. The molecule has 0 spiro atoms. The smallest absolute Gasteiger partial charge is 0.322 e. The molecule has 0 aliphatic carbocycles. The van der Waals surface area contributed by atoms with Crippen LogP contribution in [0.1, 0.15) is 13.3 Å². The molecule has 6 heteroatoms. The Morgan fingerprint density at radius 2 is 2.14 bits per heavy atom. The molecule has 0 saturated carbocycles. The van der Waals surface area contributed by atoms with Crippen molar-refractivity contribution in [3.05, 3.63) is 24.4 Å². The van der Waals surface area contributed by atoms with Crippen LogP contribution in [0.2, 0.25) is 0 Å². The molecule has 1 aromatic rings. The first-order valence-corrected chi connectivity index (χ1v) is 7.51. The molecule has 1 fully saturated rings. The molecule has 21 heavy (non-hydrogen) atoms. The van der Waals surface area contributed by atoms with Gasteiger partial charge in [-0.1, -0.05) is 6.07 Å². The topological polar surface area (TPSA) is 71.7 Å². The minimum Gasteiger partial charge on any atom is -0.465 e. The predicted octanol–water partition coefficient (Wildman–Crippen LogP) is 0.484. The molecule has 1 aliphatic rings. The molecule has 1 aliphatic heterocycles. The molecule has 1 aromatic heterocycles. The summed E-state index contributed by atoms with van der Waals surface area (Å²) in [5.41, 5.74) is 5.82. The zero-order valence-corrected chi connectivity index (χ0v) is 12.6. The average Bonchev–Trinajstić information content (AvgIpc) is 2.54. The second-order valence-corrected chi connectivity index (χ2v) is 5.16. The van der Waals surface area contributed by atoms with Gasteiger partial charge in [0.1, 0.15) is 11.9 Å². The maximum Gasteiger partial charge on any atom is 0.322 e. The number of hydrogen-bond donors (Lipinski definition) is 1. The number of rotatable bonds is 6. The summed E-state index contributed by atoms with van der Waals surface area (Å²) in [5.74, 6) is 0.727. The summed E-state index contributed by atoms with van der Waals surface area (Å²) in [4.78, 5) is 20.5. The van der Waals surface area contributed by atoms with Gasteiger partial charge in [-0.3, -0.25) is 9.69 Å². The molecule has 1 saturated heterocycles. The minimum absolute atomic E-state index is 0.301. The van der Waals surface area contributed by atoms with E-state index in [2.05, 4.69) is 14.8 Å². The average molecular weight is 292 g/mol. The van der Waals surface area contributed by atoms with Crippen LogP contribution in [0.15, 0.2) is 24.4 Å². The van der Waals surface area contributed by atoms with E-state index >= 15 is 0 Å². The maximum absolute atomic E-state index is 11.5. The van der Waals surface area contributed by atoms with Crippen LogP contribution in [0.5, 0.6) is 0 Å². The lowest BCUT2D eigenvalue weighted by molar-refractivity contribution is -0.144. The second-order valence-electron chi connectivity index (χ2n) is 5.16. The number of esters is 1. The van der Waals surface area contributed by atoms with Crippen molar-refractivity contribution in [3.8, 4) is 0 Å². The first-order valence-electron chi connectivity index (χ1n) is 7.51. The molecule has 2 rings (SSSR count). The normalized spacial score (nSPS) is 17.5. The highest BCUT2D eigenvalue weighted by molar-refractivity contribution is 5.75. The van der Waals surface area contributed by atoms with E-state index in [4.69, 9.17) is 10.5 Å². The number of carbonyl (C=O) groups excluding carboxylic acids is 1. The summed E-state index contributed by atoms with van der Waals surface area (Å²) in [5, 5.41) is 0. The fourth-order valence-corrected chi connectivity index (χ4v) is 2.43. The third-order valence-corrected chi connectivity index (χ3v) is 3.69. The minimum atomic E-state index is -0.515. The van der Waals surface area contributed by atoms with Gasteiger partial charge >= 0.3 is 5.97 Å².